The third-order valence-electron chi connectivity index (χ3n) is 2.84. The monoisotopic (exact) mass is 261 g/mol. The van der Waals surface area contributed by atoms with Crippen LogP contribution in [-0.2, 0) is 12.4 Å². The van der Waals surface area contributed by atoms with Crippen LogP contribution in [-0.4, -0.2) is 14.7 Å². The van der Waals surface area contributed by atoms with Gasteiger partial charge in [0.2, 0.25) is 0 Å². The van der Waals surface area contributed by atoms with Crippen molar-refractivity contribution in [3.8, 4) is 0 Å². The molecule has 2 heterocycles. The van der Waals surface area contributed by atoms with E-state index in [1.54, 1.807) is 0 Å². The Morgan fingerprint density at radius 1 is 1.33 bits per heavy atom. The van der Waals surface area contributed by atoms with Gasteiger partial charge in [0.1, 0.15) is 5.82 Å². The van der Waals surface area contributed by atoms with Crippen LogP contribution in [0.4, 0.5) is 0 Å². The van der Waals surface area contributed by atoms with E-state index in [1.807, 2.05) is 37.3 Å². The summed E-state index contributed by atoms with van der Waals surface area (Å²) in [5.74, 6) is 2.02. The molecule has 0 amide bonds. The summed E-state index contributed by atoms with van der Waals surface area (Å²) < 4.78 is 7.30. The molecule has 1 aromatic carbocycles. The van der Waals surface area contributed by atoms with Crippen LogP contribution >= 0.6 is 11.6 Å². The number of aryl methyl sites for hydroxylation is 1. The molecule has 3 rings (SSSR count). The number of alkyl halides is 1. The van der Waals surface area contributed by atoms with Gasteiger partial charge in [-0.05, 0) is 19.1 Å². The average molecular weight is 262 g/mol. The lowest BCUT2D eigenvalue weighted by atomic mass is 10.3. The minimum absolute atomic E-state index is 0.377. The third kappa shape index (κ3) is 1.88. The van der Waals surface area contributed by atoms with Crippen molar-refractivity contribution in [3.05, 3.63) is 47.6 Å². The largest absolute Gasteiger partial charge is 0.359 e. The van der Waals surface area contributed by atoms with Gasteiger partial charge in [-0.2, -0.15) is 0 Å². The lowest BCUT2D eigenvalue weighted by molar-refractivity contribution is 0.373. The van der Waals surface area contributed by atoms with Crippen molar-refractivity contribution in [1.82, 2.24) is 14.7 Å². The van der Waals surface area contributed by atoms with Gasteiger partial charge in [-0.25, -0.2) is 4.98 Å². The predicted molar refractivity (Wildman–Crippen MR) is 69.6 cm³/mol. The highest BCUT2D eigenvalue weighted by atomic mass is 35.5. The third-order valence-corrected chi connectivity index (χ3v) is 3.08. The first-order chi connectivity index (χ1) is 8.78. The molecule has 4 nitrogen and oxygen atoms in total. The molecule has 0 N–H and O–H groups in total. The smallest absolute Gasteiger partial charge is 0.156 e. The SMILES string of the molecule is Cc1cc(Cn2c(CCl)nc3ccccc32)on1. The van der Waals surface area contributed by atoms with E-state index in [0.29, 0.717) is 12.4 Å². The number of aromatic nitrogens is 3. The summed E-state index contributed by atoms with van der Waals surface area (Å²) in [7, 11) is 0. The maximum absolute atomic E-state index is 5.95. The van der Waals surface area contributed by atoms with Crippen molar-refractivity contribution in [1.29, 1.82) is 0 Å². The highest BCUT2D eigenvalue weighted by Gasteiger charge is 2.11. The molecule has 5 heteroatoms. The van der Waals surface area contributed by atoms with Gasteiger partial charge < -0.3 is 9.09 Å². The summed E-state index contributed by atoms with van der Waals surface area (Å²) >= 11 is 5.95. The zero-order valence-corrected chi connectivity index (χ0v) is 10.7. The summed E-state index contributed by atoms with van der Waals surface area (Å²) in [4.78, 5) is 4.50. The molecule has 2 aromatic heterocycles. The Kier molecular flexibility index (Phi) is 2.80. The molecule has 92 valence electrons. The van der Waals surface area contributed by atoms with Gasteiger partial charge in [0.25, 0.3) is 0 Å². The first kappa shape index (κ1) is 11.3. The molecular formula is C13H12ClN3O. The van der Waals surface area contributed by atoms with E-state index in [9.17, 15) is 0 Å². The molecule has 0 unspecified atom stereocenters. The van der Waals surface area contributed by atoms with Gasteiger partial charge in [-0.1, -0.05) is 17.3 Å². The van der Waals surface area contributed by atoms with Gasteiger partial charge in [0.15, 0.2) is 5.76 Å². The Balaban J connectivity index is 2.09. The van der Waals surface area contributed by atoms with Crippen LogP contribution in [0.3, 0.4) is 0 Å². The second kappa shape index (κ2) is 4.46. The quantitative estimate of drug-likeness (QED) is 0.681. The van der Waals surface area contributed by atoms with E-state index >= 15 is 0 Å². The number of benzene rings is 1. The molecule has 0 aliphatic heterocycles. The van der Waals surface area contributed by atoms with Gasteiger partial charge in [-0.3, -0.25) is 0 Å². The Bertz CT molecular complexity index is 686. The average Bonchev–Trinajstić information content (AvgIpc) is 2.94. The van der Waals surface area contributed by atoms with E-state index < -0.39 is 0 Å². The van der Waals surface area contributed by atoms with Gasteiger partial charge in [0, 0.05) is 6.07 Å². The van der Waals surface area contributed by atoms with Gasteiger partial charge in [0.05, 0.1) is 29.2 Å². The Morgan fingerprint density at radius 2 is 2.17 bits per heavy atom. The molecule has 0 saturated carbocycles. The van der Waals surface area contributed by atoms with Crippen LogP contribution in [0.1, 0.15) is 17.3 Å². The van der Waals surface area contributed by atoms with Crippen molar-refractivity contribution < 1.29 is 4.52 Å². The number of nitrogens with zero attached hydrogens (tertiary/aromatic N) is 3. The zero-order valence-electron chi connectivity index (χ0n) is 9.93. The lowest BCUT2D eigenvalue weighted by Gasteiger charge is -2.04. The molecule has 0 radical (unpaired) electrons. The number of rotatable bonds is 3. The van der Waals surface area contributed by atoms with E-state index in [1.165, 1.54) is 0 Å². The van der Waals surface area contributed by atoms with Crippen LogP contribution in [0.5, 0.6) is 0 Å². The van der Waals surface area contributed by atoms with Gasteiger partial charge >= 0.3 is 0 Å². The standard InChI is InChI=1S/C13H12ClN3O/c1-9-6-10(18-16-9)8-17-12-5-3-2-4-11(12)15-13(17)7-14/h2-6H,7-8H2,1H3. The van der Waals surface area contributed by atoms with Crippen LogP contribution in [0.25, 0.3) is 11.0 Å². The van der Waals surface area contributed by atoms with Crippen LogP contribution < -0.4 is 0 Å². The Labute approximate surface area is 109 Å². The number of halogens is 1. The molecule has 0 aliphatic rings. The van der Waals surface area contributed by atoms with Crippen molar-refractivity contribution >= 4 is 22.6 Å². The van der Waals surface area contributed by atoms with E-state index in [4.69, 9.17) is 16.1 Å². The molecule has 0 saturated heterocycles. The second-order valence-electron chi connectivity index (χ2n) is 4.17. The maximum atomic E-state index is 5.95. The number of fused-ring (bicyclic) bond motifs is 1. The van der Waals surface area contributed by atoms with E-state index in [-0.39, 0.29) is 0 Å². The van der Waals surface area contributed by atoms with Crippen molar-refractivity contribution in [2.24, 2.45) is 0 Å². The van der Waals surface area contributed by atoms with Crippen LogP contribution in [0.15, 0.2) is 34.9 Å². The summed E-state index contributed by atoms with van der Waals surface area (Å²) in [5, 5.41) is 3.89. The molecule has 0 fully saturated rings. The van der Waals surface area contributed by atoms with Crippen molar-refractivity contribution in [2.45, 2.75) is 19.3 Å². The minimum atomic E-state index is 0.377. The highest BCUT2D eigenvalue weighted by molar-refractivity contribution is 6.16. The number of para-hydroxylation sites is 2. The molecule has 0 aliphatic carbocycles. The summed E-state index contributed by atoms with van der Waals surface area (Å²) in [6.45, 7) is 2.50. The first-order valence-electron chi connectivity index (χ1n) is 5.70. The fourth-order valence-corrected chi connectivity index (χ4v) is 2.25. The second-order valence-corrected chi connectivity index (χ2v) is 4.44. The summed E-state index contributed by atoms with van der Waals surface area (Å²) in [6, 6.07) is 9.89. The summed E-state index contributed by atoms with van der Waals surface area (Å²) in [6.07, 6.45) is 0. The number of imidazole rings is 1. The van der Waals surface area contributed by atoms with Crippen LogP contribution in [0.2, 0.25) is 0 Å². The van der Waals surface area contributed by atoms with Crippen LogP contribution in [0, 0.1) is 6.92 Å². The Hall–Kier alpha value is -1.81. The highest BCUT2D eigenvalue weighted by Crippen LogP contribution is 2.19. The van der Waals surface area contributed by atoms with E-state index in [2.05, 4.69) is 14.7 Å². The molecule has 18 heavy (non-hydrogen) atoms. The first-order valence-corrected chi connectivity index (χ1v) is 6.23. The molecule has 0 spiro atoms. The minimum Gasteiger partial charge on any atom is -0.359 e. The molecule has 0 atom stereocenters. The topological polar surface area (TPSA) is 43.9 Å². The number of hydrogen-bond donors (Lipinski definition) is 0. The molecule has 0 bridgehead atoms. The predicted octanol–water partition coefficient (Wildman–Crippen LogP) is 3.12. The van der Waals surface area contributed by atoms with Gasteiger partial charge in [-0.15, -0.1) is 11.6 Å². The fourth-order valence-electron chi connectivity index (χ4n) is 2.05. The fraction of sp³-hybridized carbons (Fsp3) is 0.231. The number of hydrogen-bond acceptors (Lipinski definition) is 3. The molecular weight excluding hydrogens is 250 g/mol. The normalized spacial score (nSPS) is 11.2. The maximum Gasteiger partial charge on any atom is 0.156 e. The van der Waals surface area contributed by atoms with Crippen molar-refractivity contribution in [2.75, 3.05) is 0 Å². The zero-order chi connectivity index (χ0) is 12.5. The molecule has 3 aromatic rings. The Morgan fingerprint density at radius 3 is 2.89 bits per heavy atom. The van der Waals surface area contributed by atoms with Crippen molar-refractivity contribution in [3.63, 3.8) is 0 Å². The van der Waals surface area contributed by atoms with E-state index in [0.717, 1.165) is 28.3 Å². The lowest BCUT2D eigenvalue weighted by Crippen LogP contribution is -2.02. The summed E-state index contributed by atoms with van der Waals surface area (Å²) in [5.41, 5.74) is 2.88.